The number of nitrogens with one attached hydrogen (secondary N) is 1. The Morgan fingerprint density at radius 3 is 2.49 bits per heavy atom. The third kappa shape index (κ3) is 5.37. The Bertz CT molecular complexity index is 1400. The number of pyridine rings is 1. The Labute approximate surface area is 203 Å². The van der Waals surface area contributed by atoms with E-state index in [1.807, 2.05) is 6.07 Å². The van der Waals surface area contributed by atoms with E-state index in [0.717, 1.165) is 0 Å². The molecule has 1 aliphatic heterocycles. The number of esters is 1. The van der Waals surface area contributed by atoms with Crippen LogP contribution >= 0.6 is 0 Å². The van der Waals surface area contributed by atoms with Crippen molar-refractivity contribution in [1.29, 1.82) is 0 Å². The Balaban J connectivity index is 1.58. The van der Waals surface area contributed by atoms with Crippen LogP contribution in [0, 0.1) is 0 Å². The van der Waals surface area contributed by atoms with Gasteiger partial charge >= 0.3 is 5.97 Å². The van der Waals surface area contributed by atoms with Gasteiger partial charge in [0.25, 0.3) is 5.91 Å². The number of amides is 1. The van der Waals surface area contributed by atoms with Crippen molar-refractivity contribution in [3.05, 3.63) is 54.1 Å². The molecule has 4 rings (SSSR count). The molecule has 0 spiro atoms. The maximum atomic E-state index is 13.0. The van der Waals surface area contributed by atoms with Gasteiger partial charge in [-0.05, 0) is 43.7 Å². The zero-order chi connectivity index (χ0) is 25.2. The SMILES string of the molecule is COc1ccc(-c2cc(C(=O)OCC(=O)NC3(C)CCS(=O)(=O)C3)c3ccccc3n2)cc1OC. The average Bonchev–Trinajstić information content (AvgIpc) is 3.13. The number of methoxy groups -OCH3 is 2. The number of sulfone groups is 1. The van der Waals surface area contributed by atoms with E-state index < -0.39 is 33.9 Å². The fourth-order valence-corrected chi connectivity index (χ4v) is 6.27. The van der Waals surface area contributed by atoms with Crippen molar-refractivity contribution in [2.24, 2.45) is 0 Å². The summed E-state index contributed by atoms with van der Waals surface area (Å²) in [6.07, 6.45) is 0.318. The quantitative estimate of drug-likeness (QED) is 0.494. The minimum Gasteiger partial charge on any atom is -0.493 e. The molecule has 0 saturated carbocycles. The smallest absolute Gasteiger partial charge is 0.339 e. The number of benzene rings is 2. The molecule has 1 saturated heterocycles. The van der Waals surface area contributed by atoms with Gasteiger partial charge in [-0.25, -0.2) is 18.2 Å². The highest BCUT2D eigenvalue weighted by atomic mass is 32.2. The van der Waals surface area contributed by atoms with Crippen molar-refractivity contribution in [3.63, 3.8) is 0 Å². The van der Waals surface area contributed by atoms with Crippen LogP contribution in [0.1, 0.15) is 23.7 Å². The van der Waals surface area contributed by atoms with Crippen molar-refractivity contribution in [2.75, 3.05) is 32.3 Å². The van der Waals surface area contributed by atoms with Gasteiger partial charge in [-0.1, -0.05) is 18.2 Å². The van der Waals surface area contributed by atoms with Crippen molar-refractivity contribution in [2.45, 2.75) is 18.9 Å². The first-order chi connectivity index (χ1) is 16.6. The van der Waals surface area contributed by atoms with Crippen LogP contribution in [0.3, 0.4) is 0 Å². The lowest BCUT2D eigenvalue weighted by Gasteiger charge is -2.23. The fourth-order valence-electron chi connectivity index (χ4n) is 4.18. The lowest BCUT2D eigenvalue weighted by molar-refractivity contribution is -0.125. The Kier molecular flexibility index (Phi) is 6.66. The van der Waals surface area contributed by atoms with Crippen molar-refractivity contribution < 1.29 is 32.2 Å². The van der Waals surface area contributed by atoms with Crippen LogP contribution in [0.25, 0.3) is 22.2 Å². The Morgan fingerprint density at radius 1 is 1.06 bits per heavy atom. The molecule has 0 aliphatic carbocycles. The number of carbonyl (C=O) groups excluding carboxylic acids is 2. The summed E-state index contributed by atoms with van der Waals surface area (Å²) in [5.74, 6) is -0.287. The highest BCUT2D eigenvalue weighted by Crippen LogP contribution is 2.33. The number of nitrogens with zero attached hydrogens (tertiary/aromatic N) is 1. The molecule has 0 bridgehead atoms. The highest BCUT2D eigenvalue weighted by molar-refractivity contribution is 7.91. The maximum absolute atomic E-state index is 13.0. The molecule has 35 heavy (non-hydrogen) atoms. The van der Waals surface area contributed by atoms with Crippen LogP contribution in [0.4, 0.5) is 0 Å². The van der Waals surface area contributed by atoms with Crippen molar-refractivity contribution >= 4 is 32.6 Å². The average molecular weight is 499 g/mol. The van der Waals surface area contributed by atoms with E-state index in [2.05, 4.69) is 10.3 Å². The molecule has 184 valence electrons. The van der Waals surface area contributed by atoms with Crippen LogP contribution < -0.4 is 14.8 Å². The van der Waals surface area contributed by atoms with E-state index in [-0.39, 0.29) is 17.1 Å². The molecule has 3 aromatic rings. The summed E-state index contributed by atoms with van der Waals surface area (Å²) in [7, 11) is -0.109. The van der Waals surface area contributed by atoms with E-state index >= 15 is 0 Å². The van der Waals surface area contributed by atoms with Gasteiger partial charge in [0.05, 0.1) is 48.0 Å². The van der Waals surface area contributed by atoms with Crippen molar-refractivity contribution in [3.8, 4) is 22.8 Å². The minimum absolute atomic E-state index is 0.0193. The lowest BCUT2D eigenvalue weighted by atomic mass is 10.0. The summed E-state index contributed by atoms with van der Waals surface area (Å²) < 4.78 is 39.5. The van der Waals surface area contributed by atoms with E-state index in [4.69, 9.17) is 14.2 Å². The molecule has 1 N–H and O–H groups in total. The molecule has 1 unspecified atom stereocenters. The van der Waals surface area contributed by atoms with Gasteiger partial charge in [-0.2, -0.15) is 0 Å². The van der Waals surface area contributed by atoms with Crippen LogP contribution in [-0.4, -0.2) is 63.1 Å². The number of fused-ring (bicyclic) bond motifs is 1. The monoisotopic (exact) mass is 498 g/mol. The summed E-state index contributed by atoms with van der Waals surface area (Å²) >= 11 is 0. The number of hydrogen-bond acceptors (Lipinski definition) is 8. The van der Waals surface area contributed by atoms with E-state index in [0.29, 0.717) is 40.1 Å². The molecule has 1 fully saturated rings. The first kappa shape index (κ1) is 24.5. The second-order valence-corrected chi connectivity index (χ2v) is 10.9. The van der Waals surface area contributed by atoms with E-state index in [9.17, 15) is 18.0 Å². The lowest BCUT2D eigenvalue weighted by Crippen LogP contribution is -2.48. The number of ether oxygens (including phenoxy) is 3. The highest BCUT2D eigenvalue weighted by Gasteiger charge is 2.39. The molecule has 1 amide bonds. The van der Waals surface area contributed by atoms with Gasteiger partial charge in [0.15, 0.2) is 27.9 Å². The summed E-state index contributed by atoms with van der Waals surface area (Å²) in [5, 5.41) is 3.26. The number of carbonyl (C=O) groups is 2. The molecular formula is C25H26N2O7S. The topological polar surface area (TPSA) is 121 Å². The molecule has 1 aromatic heterocycles. The van der Waals surface area contributed by atoms with Gasteiger partial charge in [0.2, 0.25) is 0 Å². The molecule has 9 nitrogen and oxygen atoms in total. The van der Waals surface area contributed by atoms with Gasteiger partial charge in [-0.3, -0.25) is 4.79 Å². The zero-order valence-corrected chi connectivity index (χ0v) is 20.5. The van der Waals surface area contributed by atoms with Gasteiger partial charge in [0, 0.05) is 10.9 Å². The number of rotatable bonds is 7. The summed E-state index contributed by atoms with van der Waals surface area (Å²) in [6.45, 7) is 1.14. The predicted molar refractivity (Wildman–Crippen MR) is 130 cm³/mol. The number of aromatic nitrogens is 1. The number of hydrogen-bond donors (Lipinski definition) is 1. The largest absolute Gasteiger partial charge is 0.493 e. The first-order valence-electron chi connectivity index (χ1n) is 10.9. The Hall–Kier alpha value is -3.66. The van der Waals surface area contributed by atoms with Crippen molar-refractivity contribution in [1.82, 2.24) is 10.3 Å². The summed E-state index contributed by atoms with van der Waals surface area (Å²) in [5.41, 5.74) is 1.19. The van der Waals surface area contributed by atoms with Crippen LogP contribution in [0.15, 0.2) is 48.5 Å². The third-order valence-corrected chi connectivity index (χ3v) is 7.80. The molecule has 2 heterocycles. The molecular weight excluding hydrogens is 472 g/mol. The fraction of sp³-hybridized carbons (Fsp3) is 0.320. The van der Waals surface area contributed by atoms with Gasteiger partial charge < -0.3 is 19.5 Å². The number of para-hydroxylation sites is 1. The maximum Gasteiger partial charge on any atom is 0.339 e. The van der Waals surface area contributed by atoms with E-state index in [1.54, 1.807) is 56.5 Å². The second-order valence-electron chi connectivity index (χ2n) is 8.67. The molecule has 10 heteroatoms. The summed E-state index contributed by atoms with van der Waals surface area (Å²) in [4.78, 5) is 30.1. The normalized spacial score (nSPS) is 18.7. The van der Waals surface area contributed by atoms with Crippen LogP contribution in [0.5, 0.6) is 11.5 Å². The molecule has 2 aromatic carbocycles. The second kappa shape index (κ2) is 9.53. The van der Waals surface area contributed by atoms with Gasteiger partial charge in [-0.15, -0.1) is 0 Å². The van der Waals surface area contributed by atoms with Crippen LogP contribution in [0.2, 0.25) is 0 Å². The predicted octanol–water partition coefficient (Wildman–Crippen LogP) is 2.77. The summed E-state index contributed by atoms with van der Waals surface area (Å²) in [6, 6.07) is 14.0. The molecule has 1 atom stereocenters. The minimum atomic E-state index is -3.19. The Morgan fingerprint density at radius 2 is 1.80 bits per heavy atom. The zero-order valence-electron chi connectivity index (χ0n) is 19.7. The van der Waals surface area contributed by atoms with Gasteiger partial charge in [0.1, 0.15) is 0 Å². The van der Waals surface area contributed by atoms with Crippen LogP contribution in [-0.2, 0) is 19.4 Å². The molecule has 1 aliphatic rings. The third-order valence-electron chi connectivity index (χ3n) is 5.89. The first-order valence-corrected chi connectivity index (χ1v) is 12.8. The molecule has 0 radical (unpaired) electrons. The van der Waals surface area contributed by atoms with E-state index in [1.165, 1.54) is 7.11 Å². The standard InChI is InChI=1S/C25H26N2O7S/c1-25(10-11-35(30,31)15-25)27-23(28)14-34-24(29)18-13-20(26-19-7-5-4-6-17(18)19)16-8-9-21(32-2)22(12-16)33-3/h4-9,12-13H,10-11,14-15H2,1-3H3,(H,27,28).